The molecule has 1 aliphatic heterocycles. The first kappa shape index (κ1) is 29.4. The second-order valence-electron chi connectivity index (χ2n) is 11.5. The van der Waals surface area contributed by atoms with Crippen molar-refractivity contribution in [3.05, 3.63) is 77.9 Å². The minimum atomic E-state index is -0.313. The third kappa shape index (κ3) is 6.38. The van der Waals surface area contributed by atoms with E-state index in [0.717, 1.165) is 34.1 Å². The van der Waals surface area contributed by atoms with Crippen molar-refractivity contribution in [2.45, 2.75) is 69.9 Å². The number of anilines is 3. The lowest BCUT2D eigenvalue weighted by atomic mass is 9.90. The largest absolute Gasteiger partial charge is 0.457 e. The van der Waals surface area contributed by atoms with Crippen molar-refractivity contribution >= 4 is 35.0 Å². The SMILES string of the molecule is CCC1CC(=O)Nc2nccc(Oc3ccc(NC(C)Nc4cc(C(C)(C)C)nn4-c4cccc(F)c4)c(SC)c3)c21. The summed E-state index contributed by atoms with van der Waals surface area (Å²) in [4.78, 5) is 17.5. The molecular formula is C32H37FN6O2S. The van der Waals surface area contributed by atoms with Crippen LogP contribution in [0.4, 0.5) is 21.7 Å². The highest BCUT2D eigenvalue weighted by Crippen LogP contribution is 2.42. The maximum Gasteiger partial charge on any atom is 0.226 e. The summed E-state index contributed by atoms with van der Waals surface area (Å²) in [6.07, 6.45) is 4.74. The smallest absolute Gasteiger partial charge is 0.226 e. The van der Waals surface area contributed by atoms with Crippen LogP contribution in [0.25, 0.3) is 5.69 Å². The average molecular weight is 589 g/mol. The normalized spacial score (nSPS) is 15.5. The lowest BCUT2D eigenvalue weighted by molar-refractivity contribution is -0.116. The van der Waals surface area contributed by atoms with E-state index in [1.165, 1.54) is 12.1 Å². The highest BCUT2D eigenvalue weighted by molar-refractivity contribution is 7.98. The topological polar surface area (TPSA) is 93.1 Å². The summed E-state index contributed by atoms with van der Waals surface area (Å²) in [5.41, 5.74) is 3.25. The van der Waals surface area contributed by atoms with Crippen LogP contribution in [0.15, 0.2) is 65.7 Å². The van der Waals surface area contributed by atoms with E-state index in [1.807, 2.05) is 49.6 Å². The Morgan fingerprint density at radius 3 is 2.69 bits per heavy atom. The number of hydrogen-bond donors (Lipinski definition) is 3. The number of benzene rings is 2. The Balaban J connectivity index is 1.36. The zero-order valence-electron chi connectivity index (χ0n) is 24.8. The van der Waals surface area contributed by atoms with Gasteiger partial charge in [0.15, 0.2) is 0 Å². The quantitative estimate of drug-likeness (QED) is 0.135. The number of carbonyl (C=O) groups excluding carboxylic acids is 1. The number of pyridine rings is 1. The first-order valence-corrected chi connectivity index (χ1v) is 15.3. The number of rotatable bonds is 9. The Morgan fingerprint density at radius 1 is 1.17 bits per heavy atom. The molecule has 0 saturated heterocycles. The summed E-state index contributed by atoms with van der Waals surface area (Å²) in [7, 11) is 0. The molecule has 5 rings (SSSR count). The van der Waals surface area contributed by atoms with Gasteiger partial charge in [-0.3, -0.25) is 4.79 Å². The number of hydrogen-bond acceptors (Lipinski definition) is 7. The lowest BCUT2D eigenvalue weighted by Crippen LogP contribution is -2.26. The molecule has 0 bridgehead atoms. The number of amides is 1. The zero-order valence-corrected chi connectivity index (χ0v) is 25.6. The van der Waals surface area contributed by atoms with E-state index in [2.05, 4.69) is 48.6 Å². The summed E-state index contributed by atoms with van der Waals surface area (Å²) in [5, 5.41) is 14.7. The summed E-state index contributed by atoms with van der Waals surface area (Å²) in [6, 6.07) is 16.2. The van der Waals surface area contributed by atoms with Gasteiger partial charge in [-0.1, -0.05) is 33.8 Å². The van der Waals surface area contributed by atoms with E-state index in [4.69, 9.17) is 9.84 Å². The molecule has 0 fully saturated rings. The maximum absolute atomic E-state index is 14.1. The average Bonchev–Trinajstić information content (AvgIpc) is 3.37. The van der Waals surface area contributed by atoms with Gasteiger partial charge in [0.2, 0.25) is 5.91 Å². The number of ether oxygens (including phenoxy) is 1. The number of halogens is 1. The van der Waals surface area contributed by atoms with Crippen LogP contribution in [0, 0.1) is 5.82 Å². The van der Waals surface area contributed by atoms with E-state index >= 15 is 0 Å². The molecule has 8 nitrogen and oxygen atoms in total. The van der Waals surface area contributed by atoms with Crippen molar-refractivity contribution in [1.29, 1.82) is 0 Å². The summed E-state index contributed by atoms with van der Waals surface area (Å²) < 4.78 is 22.2. The van der Waals surface area contributed by atoms with Crippen LogP contribution in [0.3, 0.4) is 0 Å². The summed E-state index contributed by atoms with van der Waals surface area (Å²) in [5.74, 6) is 2.47. The van der Waals surface area contributed by atoms with E-state index < -0.39 is 0 Å². The molecule has 4 aromatic rings. The van der Waals surface area contributed by atoms with Crippen molar-refractivity contribution < 1.29 is 13.9 Å². The standard InChI is InChI=1S/C32H37FN6O2S/c1-7-20-15-29(40)37-31-30(20)25(13-14-34-31)41-23-11-12-24(26(17-23)42-6)35-19(2)36-28-18-27(32(3,4)5)38-39(28)22-10-8-9-21(33)16-22/h8-14,16-20,35-36H,7,15H2,1-6H3,(H,34,37,40). The molecule has 0 saturated carbocycles. The molecule has 0 radical (unpaired) electrons. The Labute approximate surface area is 250 Å². The lowest BCUT2D eigenvalue weighted by Gasteiger charge is -2.26. The summed E-state index contributed by atoms with van der Waals surface area (Å²) in [6.45, 7) is 10.4. The van der Waals surface area contributed by atoms with Crippen molar-refractivity contribution in [3.63, 3.8) is 0 Å². The van der Waals surface area contributed by atoms with E-state index in [9.17, 15) is 9.18 Å². The van der Waals surface area contributed by atoms with E-state index in [-0.39, 0.29) is 29.2 Å². The van der Waals surface area contributed by atoms with Crippen LogP contribution in [-0.4, -0.2) is 33.1 Å². The van der Waals surface area contributed by atoms with Gasteiger partial charge in [-0.2, -0.15) is 5.10 Å². The van der Waals surface area contributed by atoms with Crippen LogP contribution in [0.5, 0.6) is 11.5 Å². The molecule has 1 aliphatic rings. The predicted molar refractivity (Wildman–Crippen MR) is 168 cm³/mol. The Hall–Kier alpha value is -4.05. The third-order valence-electron chi connectivity index (χ3n) is 7.21. The Bertz CT molecular complexity index is 1600. The number of aromatic nitrogens is 3. The van der Waals surface area contributed by atoms with Gasteiger partial charge in [-0.05, 0) is 68.0 Å². The molecule has 0 spiro atoms. The fourth-order valence-electron chi connectivity index (χ4n) is 5.02. The molecule has 10 heteroatoms. The summed E-state index contributed by atoms with van der Waals surface area (Å²) >= 11 is 1.61. The van der Waals surface area contributed by atoms with Gasteiger partial charge in [-0.25, -0.2) is 14.1 Å². The second-order valence-corrected chi connectivity index (χ2v) is 12.3. The van der Waals surface area contributed by atoms with Crippen molar-refractivity contribution in [3.8, 4) is 17.2 Å². The molecule has 3 N–H and O–H groups in total. The van der Waals surface area contributed by atoms with Crippen molar-refractivity contribution in [2.75, 3.05) is 22.2 Å². The Kier molecular flexibility index (Phi) is 8.45. The highest BCUT2D eigenvalue weighted by Gasteiger charge is 2.28. The zero-order chi connectivity index (χ0) is 30.0. The Morgan fingerprint density at radius 2 is 1.98 bits per heavy atom. The number of carbonyl (C=O) groups is 1. The molecule has 2 aromatic carbocycles. The number of nitrogens with one attached hydrogen (secondary N) is 3. The van der Waals surface area contributed by atoms with Gasteiger partial charge in [0.1, 0.15) is 29.0 Å². The minimum Gasteiger partial charge on any atom is -0.457 e. The van der Waals surface area contributed by atoms with Gasteiger partial charge in [0, 0.05) is 40.2 Å². The van der Waals surface area contributed by atoms with Crippen LogP contribution in [0.1, 0.15) is 64.6 Å². The molecule has 2 unspecified atom stereocenters. The molecule has 2 atom stereocenters. The van der Waals surface area contributed by atoms with Crippen molar-refractivity contribution in [1.82, 2.24) is 14.8 Å². The molecular weight excluding hydrogens is 551 g/mol. The van der Waals surface area contributed by atoms with E-state index in [0.29, 0.717) is 29.4 Å². The second kappa shape index (κ2) is 12.1. The van der Waals surface area contributed by atoms with Gasteiger partial charge >= 0.3 is 0 Å². The third-order valence-corrected chi connectivity index (χ3v) is 7.99. The molecule has 42 heavy (non-hydrogen) atoms. The van der Waals surface area contributed by atoms with E-state index in [1.54, 1.807) is 28.7 Å². The fourth-order valence-corrected chi connectivity index (χ4v) is 5.60. The number of thioether (sulfide) groups is 1. The molecule has 0 aliphatic carbocycles. The van der Waals surface area contributed by atoms with Gasteiger partial charge in [0.25, 0.3) is 0 Å². The highest BCUT2D eigenvalue weighted by atomic mass is 32.2. The van der Waals surface area contributed by atoms with Crippen LogP contribution >= 0.6 is 11.8 Å². The fraction of sp³-hybridized carbons (Fsp3) is 0.344. The van der Waals surface area contributed by atoms with Crippen LogP contribution in [0.2, 0.25) is 0 Å². The maximum atomic E-state index is 14.1. The number of nitrogens with zero attached hydrogens (tertiary/aromatic N) is 3. The molecule has 220 valence electrons. The van der Waals surface area contributed by atoms with Gasteiger partial charge in [0.05, 0.1) is 17.5 Å². The van der Waals surface area contributed by atoms with Crippen LogP contribution < -0.4 is 20.7 Å². The predicted octanol–water partition coefficient (Wildman–Crippen LogP) is 7.92. The van der Waals surface area contributed by atoms with Crippen LogP contribution in [-0.2, 0) is 10.2 Å². The molecule has 3 heterocycles. The monoisotopic (exact) mass is 588 g/mol. The van der Waals surface area contributed by atoms with Crippen molar-refractivity contribution in [2.24, 2.45) is 0 Å². The molecule has 2 aromatic heterocycles. The minimum absolute atomic E-state index is 0.0181. The first-order chi connectivity index (χ1) is 20.0. The van der Waals surface area contributed by atoms with Gasteiger partial charge in [-0.15, -0.1) is 11.8 Å². The number of fused-ring (bicyclic) bond motifs is 1. The van der Waals surface area contributed by atoms with Gasteiger partial charge < -0.3 is 20.7 Å². The first-order valence-electron chi connectivity index (χ1n) is 14.1. The molecule has 1 amide bonds.